The fourth-order valence-electron chi connectivity index (χ4n) is 1.44. The molecule has 0 fully saturated rings. The number of benzene rings is 2. The highest BCUT2D eigenvalue weighted by Gasteiger charge is 2.18. The standard InChI is InChI=1S/C13H10ClFO4S/c1-18-9-2-4-10(5-3-9)19-20(16,17)11-6-7-13(15)12(14)8-11/h2-8H,1H3. The van der Waals surface area contributed by atoms with E-state index in [0.29, 0.717) is 5.75 Å². The summed E-state index contributed by atoms with van der Waals surface area (Å²) in [5.74, 6) is -0.0131. The molecule has 2 rings (SSSR count). The maximum Gasteiger partial charge on any atom is 0.339 e. The normalized spacial score (nSPS) is 11.2. The van der Waals surface area contributed by atoms with E-state index < -0.39 is 15.9 Å². The van der Waals surface area contributed by atoms with Gasteiger partial charge in [-0.05, 0) is 42.5 Å². The summed E-state index contributed by atoms with van der Waals surface area (Å²) in [7, 11) is -2.57. The van der Waals surface area contributed by atoms with Crippen molar-refractivity contribution in [2.24, 2.45) is 0 Å². The summed E-state index contributed by atoms with van der Waals surface area (Å²) >= 11 is 5.55. The quantitative estimate of drug-likeness (QED) is 0.812. The van der Waals surface area contributed by atoms with Gasteiger partial charge in [-0.25, -0.2) is 4.39 Å². The van der Waals surface area contributed by atoms with Crippen molar-refractivity contribution >= 4 is 21.7 Å². The second-order valence-corrected chi connectivity index (χ2v) is 5.74. The van der Waals surface area contributed by atoms with Crippen LogP contribution in [0.2, 0.25) is 5.02 Å². The monoisotopic (exact) mass is 316 g/mol. The molecule has 2 aromatic carbocycles. The van der Waals surface area contributed by atoms with Gasteiger partial charge < -0.3 is 8.92 Å². The Morgan fingerprint density at radius 2 is 1.65 bits per heavy atom. The molecule has 0 saturated carbocycles. The Kier molecular flexibility index (Phi) is 4.15. The summed E-state index contributed by atoms with van der Waals surface area (Å²) in [6, 6.07) is 9.05. The van der Waals surface area contributed by atoms with Crippen LogP contribution in [0.25, 0.3) is 0 Å². The van der Waals surface area contributed by atoms with Gasteiger partial charge in [0.05, 0.1) is 12.1 Å². The maximum atomic E-state index is 13.0. The van der Waals surface area contributed by atoms with E-state index in [1.165, 1.54) is 19.2 Å². The van der Waals surface area contributed by atoms with Gasteiger partial charge in [0.15, 0.2) is 0 Å². The van der Waals surface area contributed by atoms with Gasteiger partial charge in [-0.2, -0.15) is 8.42 Å². The fraction of sp³-hybridized carbons (Fsp3) is 0.0769. The summed E-state index contributed by atoms with van der Waals surface area (Å²) in [6.07, 6.45) is 0. The molecule has 0 heterocycles. The Morgan fingerprint density at radius 3 is 2.20 bits per heavy atom. The van der Waals surface area contributed by atoms with Crippen LogP contribution in [0.15, 0.2) is 47.4 Å². The van der Waals surface area contributed by atoms with Crippen LogP contribution in [-0.4, -0.2) is 15.5 Å². The first-order valence-electron chi connectivity index (χ1n) is 5.46. The maximum absolute atomic E-state index is 13.0. The first-order chi connectivity index (χ1) is 9.42. The van der Waals surface area contributed by atoms with Gasteiger partial charge in [-0.1, -0.05) is 11.6 Å². The zero-order chi connectivity index (χ0) is 14.8. The predicted octanol–water partition coefficient (Wildman–Crippen LogP) is 3.26. The van der Waals surface area contributed by atoms with E-state index in [9.17, 15) is 12.8 Å². The average molecular weight is 317 g/mol. The van der Waals surface area contributed by atoms with Crippen molar-refractivity contribution in [3.63, 3.8) is 0 Å². The molecule has 0 aliphatic heterocycles. The Hall–Kier alpha value is -1.79. The molecule has 0 spiro atoms. The minimum atomic E-state index is -4.06. The minimum absolute atomic E-state index is 0.117. The molecule has 0 N–H and O–H groups in total. The molecule has 0 amide bonds. The zero-order valence-corrected chi connectivity index (χ0v) is 11.9. The molecule has 20 heavy (non-hydrogen) atoms. The molecule has 4 nitrogen and oxygen atoms in total. The van der Waals surface area contributed by atoms with Gasteiger partial charge in [0.25, 0.3) is 0 Å². The van der Waals surface area contributed by atoms with Gasteiger partial charge in [0, 0.05) is 0 Å². The highest BCUT2D eigenvalue weighted by Crippen LogP contribution is 2.24. The molecular weight excluding hydrogens is 307 g/mol. The first-order valence-corrected chi connectivity index (χ1v) is 7.24. The lowest BCUT2D eigenvalue weighted by molar-refractivity contribution is 0.413. The number of halogens is 2. The molecule has 0 bridgehead atoms. The van der Waals surface area contributed by atoms with Gasteiger partial charge in [-0.15, -0.1) is 0 Å². The first kappa shape index (κ1) is 14.6. The topological polar surface area (TPSA) is 52.6 Å². The summed E-state index contributed by atoms with van der Waals surface area (Å²) in [5.41, 5.74) is 0. The second-order valence-electron chi connectivity index (χ2n) is 3.79. The van der Waals surface area contributed by atoms with E-state index >= 15 is 0 Å². The molecule has 0 atom stereocenters. The molecular formula is C13H10ClFO4S. The minimum Gasteiger partial charge on any atom is -0.497 e. The largest absolute Gasteiger partial charge is 0.497 e. The van der Waals surface area contributed by atoms with E-state index in [-0.39, 0.29) is 15.7 Å². The third kappa shape index (κ3) is 3.20. The highest BCUT2D eigenvalue weighted by atomic mass is 35.5. The lowest BCUT2D eigenvalue weighted by atomic mass is 10.3. The van der Waals surface area contributed by atoms with E-state index in [2.05, 4.69) is 0 Å². The zero-order valence-electron chi connectivity index (χ0n) is 10.3. The van der Waals surface area contributed by atoms with Crippen LogP contribution in [0.5, 0.6) is 11.5 Å². The van der Waals surface area contributed by atoms with Crippen LogP contribution < -0.4 is 8.92 Å². The van der Waals surface area contributed by atoms with Crippen LogP contribution in [0.3, 0.4) is 0 Å². The number of rotatable bonds is 4. The highest BCUT2D eigenvalue weighted by molar-refractivity contribution is 7.87. The fourth-order valence-corrected chi connectivity index (χ4v) is 2.64. The number of ether oxygens (including phenoxy) is 1. The number of methoxy groups -OCH3 is 1. The third-order valence-electron chi connectivity index (χ3n) is 2.45. The molecule has 0 unspecified atom stereocenters. The van der Waals surface area contributed by atoms with Crippen LogP contribution in [-0.2, 0) is 10.1 Å². The lowest BCUT2D eigenvalue weighted by Gasteiger charge is -2.08. The van der Waals surface area contributed by atoms with Crippen LogP contribution in [0.4, 0.5) is 4.39 Å². The van der Waals surface area contributed by atoms with Crippen molar-refractivity contribution in [3.05, 3.63) is 53.3 Å². The molecule has 0 aromatic heterocycles. The predicted molar refractivity (Wildman–Crippen MR) is 72.2 cm³/mol. The van der Waals surface area contributed by atoms with Crippen molar-refractivity contribution in [1.29, 1.82) is 0 Å². The average Bonchev–Trinajstić information content (AvgIpc) is 2.42. The van der Waals surface area contributed by atoms with Crippen LogP contribution >= 0.6 is 11.6 Å². The summed E-state index contributed by atoms with van der Waals surface area (Å²) in [5, 5.41) is -0.288. The molecule has 0 aliphatic carbocycles. The van der Waals surface area contributed by atoms with E-state index in [0.717, 1.165) is 18.2 Å². The van der Waals surface area contributed by atoms with Crippen molar-refractivity contribution < 1.29 is 21.7 Å². The van der Waals surface area contributed by atoms with Crippen LogP contribution in [0, 0.1) is 5.82 Å². The Balaban J connectivity index is 2.27. The van der Waals surface area contributed by atoms with E-state index in [1.807, 2.05) is 0 Å². The Labute approximate surface area is 120 Å². The van der Waals surface area contributed by atoms with Crippen LogP contribution in [0.1, 0.15) is 0 Å². The summed E-state index contributed by atoms with van der Waals surface area (Å²) < 4.78 is 46.9. The molecule has 2 aromatic rings. The van der Waals surface area contributed by atoms with E-state index in [4.69, 9.17) is 20.5 Å². The van der Waals surface area contributed by atoms with Crippen molar-refractivity contribution in [1.82, 2.24) is 0 Å². The summed E-state index contributed by atoms with van der Waals surface area (Å²) in [6.45, 7) is 0. The molecule has 0 radical (unpaired) electrons. The summed E-state index contributed by atoms with van der Waals surface area (Å²) in [4.78, 5) is -0.222. The molecule has 7 heteroatoms. The molecule has 106 valence electrons. The van der Waals surface area contributed by atoms with E-state index in [1.54, 1.807) is 12.1 Å². The van der Waals surface area contributed by atoms with Crippen molar-refractivity contribution in [3.8, 4) is 11.5 Å². The number of hydrogen-bond acceptors (Lipinski definition) is 4. The van der Waals surface area contributed by atoms with Crippen molar-refractivity contribution in [2.45, 2.75) is 4.90 Å². The third-order valence-corrected chi connectivity index (χ3v) is 3.98. The van der Waals surface area contributed by atoms with Gasteiger partial charge in [-0.3, -0.25) is 0 Å². The molecule has 0 aliphatic rings. The SMILES string of the molecule is COc1ccc(OS(=O)(=O)c2ccc(F)c(Cl)c2)cc1. The van der Waals surface area contributed by atoms with Gasteiger partial charge in [0.1, 0.15) is 22.2 Å². The van der Waals surface area contributed by atoms with Gasteiger partial charge >= 0.3 is 10.1 Å². The molecule has 0 saturated heterocycles. The lowest BCUT2D eigenvalue weighted by Crippen LogP contribution is -2.09. The Bertz CT molecular complexity index is 714. The van der Waals surface area contributed by atoms with Gasteiger partial charge in [0.2, 0.25) is 0 Å². The Morgan fingerprint density at radius 1 is 1.05 bits per heavy atom. The van der Waals surface area contributed by atoms with Crippen molar-refractivity contribution in [2.75, 3.05) is 7.11 Å². The smallest absolute Gasteiger partial charge is 0.339 e. The number of hydrogen-bond donors (Lipinski definition) is 0. The second kappa shape index (κ2) is 5.68.